The molecule has 0 bridgehead atoms. The van der Waals surface area contributed by atoms with Crippen molar-refractivity contribution >= 4 is 5.91 Å². The van der Waals surface area contributed by atoms with E-state index in [1.54, 1.807) is 0 Å². The fourth-order valence-electron chi connectivity index (χ4n) is 3.59. The van der Waals surface area contributed by atoms with Crippen LogP contribution in [-0.2, 0) is 6.18 Å². The number of likely N-dealkylation sites (tertiary alicyclic amines) is 1. The molecule has 3 aromatic rings. The molecule has 1 amide bonds. The molecule has 1 fully saturated rings. The molecule has 1 aliphatic rings. The number of carbonyl (C=O) groups is 1. The van der Waals surface area contributed by atoms with E-state index >= 15 is 0 Å². The molecule has 4 rings (SSSR count). The van der Waals surface area contributed by atoms with Gasteiger partial charge in [-0.3, -0.25) is 4.79 Å². The second kappa shape index (κ2) is 9.27. The Balaban J connectivity index is 1.54. The molecule has 0 radical (unpaired) electrons. The fourth-order valence-corrected chi connectivity index (χ4v) is 3.59. The number of piperidine rings is 1. The predicted octanol–water partition coefficient (Wildman–Crippen LogP) is 4.66. The molecule has 1 aliphatic heterocycles. The molecule has 178 valence electrons. The van der Waals surface area contributed by atoms with Crippen LogP contribution in [0, 0.1) is 17.5 Å². The number of aromatic nitrogens is 3. The van der Waals surface area contributed by atoms with Crippen LogP contribution in [0.5, 0.6) is 5.88 Å². The number of halogens is 6. The van der Waals surface area contributed by atoms with E-state index in [0.717, 1.165) is 18.5 Å². The van der Waals surface area contributed by atoms with Crippen molar-refractivity contribution in [3.63, 3.8) is 0 Å². The first kappa shape index (κ1) is 23.5. The van der Waals surface area contributed by atoms with E-state index in [2.05, 4.69) is 15.0 Å². The molecule has 0 unspecified atom stereocenters. The molecule has 0 spiro atoms. The predicted molar refractivity (Wildman–Crippen MR) is 106 cm³/mol. The lowest BCUT2D eigenvalue weighted by Crippen LogP contribution is -2.44. The van der Waals surface area contributed by atoms with Gasteiger partial charge in [0, 0.05) is 12.7 Å². The first-order valence-electron chi connectivity index (χ1n) is 10.1. The number of ether oxygens (including phenoxy) is 1. The summed E-state index contributed by atoms with van der Waals surface area (Å²) in [6.45, 7) is 0.239. The molecule has 0 N–H and O–H groups in total. The van der Waals surface area contributed by atoms with E-state index in [-0.39, 0.29) is 36.1 Å². The average Bonchev–Trinajstić information content (AvgIpc) is 2.80. The maximum atomic E-state index is 14.6. The summed E-state index contributed by atoms with van der Waals surface area (Å²) in [6.07, 6.45) is -2.52. The van der Waals surface area contributed by atoms with E-state index in [0.29, 0.717) is 19.0 Å². The van der Waals surface area contributed by atoms with Crippen molar-refractivity contribution in [2.45, 2.75) is 25.1 Å². The Morgan fingerprint density at radius 1 is 1.03 bits per heavy atom. The van der Waals surface area contributed by atoms with Crippen molar-refractivity contribution in [1.29, 1.82) is 0 Å². The quantitative estimate of drug-likeness (QED) is 0.506. The Morgan fingerprint density at radius 2 is 1.76 bits per heavy atom. The maximum absolute atomic E-state index is 14.6. The molecule has 6 nitrogen and oxygen atoms in total. The third kappa shape index (κ3) is 4.95. The lowest BCUT2D eigenvalue weighted by Gasteiger charge is -2.33. The van der Waals surface area contributed by atoms with Gasteiger partial charge in [0.1, 0.15) is 11.9 Å². The number of hydrogen-bond donors (Lipinski definition) is 0. The van der Waals surface area contributed by atoms with Crippen molar-refractivity contribution in [2.24, 2.45) is 0 Å². The van der Waals surface area contributed by atoms with Gasteiger partial charge >= 0.3 is 6.18 Å². The van der Waals surface area contributed by atoms with Crippen molar-refractivity contribution in [3.05, 3.63) is 71.4 Å². The topological polar surface area (TPSA) is 68.2 Å². The van der Waals surface area contributed by atoms with E-state index in [4.69, 9.17) is 4.74 Å². The number of pyridine rings is 1. The van der Waals surface area contributed by atoms with Crippen LogP contribution in [0.2, 0.25) is 0 Å². The van der Waals surface area contributed by atoms with Gasteiger partial charge in [0.15, 0.2) is 17.5 Å². The van der Waals surface area contributed by atoms with Crippen LogP contribution < -0.4 is 4.74 Å². The Kier molecular flexibility index (Phi) is 6.40. The zero-order valence-electron chi connectivity index (χ0n) is 17.3. The molecular formula is C22H16F6N4O2. The summed E-state index contributed by atoms with van der Waals surface area (Å²) in [6, 6.07) is 4.10. The van der Waals surface area contributed by atoms with Crippen molar-refractivity contribution in [1.82, 2.24) is 19.9 Å². The van der Waals surface area contributed by atoms with Crippen molar-refractivity contribution in [2.75, 3.05) is 13.1 Å². The summed E-state index contributed by atoms with van der Waals surface area (Å²) in [4.78, 5) is 25.5. The lowest BCUT2D eigenvalue weighted by molar-refractivity contribution is -0.138. The molecule has 1 atom stereocenters. The van der Waals surface area contributed by atoms with E-state index in [1.807, 2.05) is 0 Å². The molecule has 2 aromatic heterocycles. The molecule has 1 aromatic carbocycles. The molecule has 3 heterocycles. The van der Waals surface area contributed by atoms with Gasteiger partial charge in [0.25, 0.3) is 11.8 Å². The minimum absolute atomic E-state index is 0.0405. The maximum Gasteiger partial charge on any atom is 0.417 e. The molecule has 34 heavy (non-hydrogen) atoms. The Bertz CT molecular complexity index is 1200. The highest BCUT2D eigenvalue weighted by Gasteiger charge is 2.33. The second-order valence-electron chi connectivity index (χ2n) is 7.53. The van der Waals surface area contributed by atoms with E-state index in [1.165, 1.54) is 17.0 Å². The first-order valence-corrected chi connectivity index (χ1v) is 10.1. The third-order valence-corrected chi connectivity index (χ3v) is 5.17. The second-order valence-corrected chi connectivity index (χ2v) is 7.53. The number of alkyl halides is 3. The normalized spacial score (nSPS) is 16.4. The summed E-state index contributed by atoms with van der Waals surface area (Å²) in [5.41, 5.74) is -1.52. The van der Waals surface area contributed by atoms with Crippen LogP contribution in [0.15, 0.2) is 42.9 Å². The lowest BCUT2D eigenvalue weighted by atomic mass is 10.0. The van der Waals surface area contributed by atoms with Gasteiger partial charge in [0.2, 0.25) is 0 Å². The fraction of sp³-hybridized carbons (Fsp3) is 0.273. The van der Waals surface area contributed by atoms with Gasteiger partial charge in [-0.15, -0.1) is 0 Å². The molecule has 12 heteroatoms. The number of hydrogen-bond acceptors (Lipinski definition) is 5. The van der Waals surface area contributed by atoms with Gasteiger partial charge < -0.3 is 9.64 Å². The molecular weight excluding hydrogens is 466 g/mol. The van der Waals surface area contributed by atoms with Crippen molar-refractivity contribution in [3.8, 4) is 17.3 Å². The van der Waals surface area contributed by atoms with Crippen LogP contribution >= 0.6 is 0 Å². The Labute approximate surface area is 189 Å². The highest BCUT2D eigenvalue weighted by Crippen LogP contribution is 2.31. The van der Waals surface area contributed by atoms with Gasteiger partial charge in [-0.2, -0.15) is 13.2 Å². The highest BCUT2D eigenvalue weighted by molar-refractivity contribution is 6.00. The molecule has 0 saturated carbocycles. The van der Waals surface area contributed by atoms with E-state index in [9.17, 15) is 31.1 Å². The highest BCUT2D eigenvalue weighted by atomic mass is 19.4. The Morgan fingerprint density at radius 3 is 2.44 bits per heavy atom. The van der Waals surface area contributed by atoms with Crippen molar-refractivity contribution < 1.29 is 35.9 Å². The van der Waals surface area contributed by atoms with Crippen LogP contribution in [0.25, 0.3) is 11.4 Å². The van der Waals surface area contributed by atoms with Gasteiger partial charge in [-0.1, -0.05) is 6.07 Å². The van der Waals surface area contributed by atoms with Crippen LogP contribution in [0.4, 0.5) is 26.3 Å². The number of carbonyl (C=O) groups excluding carboxylic acids is 1. The summed E-state index contributed by atoms with van der Waals surface area (Å²) in [5, 5.41) is 0. The van der Waals surface area contributed by atoms with E-state index < -0.39 is 47.1 Å². The van der Waals surface area contributed by atoms with Crippen LogP contribution in [0.1, 0.15) is 28.8 Å². The first-order chi connectivity index (χ1) is 16.1. The van der Waals surface area contributed by atoms with Gasteiger partial charge in [-0.05, 0) is 31.0 Å². The monoisotopic (exact) mass is 482 g/mol. The Hall–Kier alpha value is -3.70. The summed E-state index contributed by atoms with van der Waals surface area (Å²) >= 11 is 0. The SMILES string of the molecule is O=C(c1cccc(F)c1-c1ncc(F)cn1)N1CCC[C@@H](Oc2ncc(C(F)(F)F)cc2F)C1. The van der Waals surface area contributed by atoms with Gasteiger partial charge in [0.05, 0.1) is 35.6 Å². The third-order valence-electron chi connectivity index (χ3n) is 5.17. The minimum Gasteiger partial charge on any atom is -0.470 e. The summed E-state index contributed by atoms with van der Waals surface area (Å²) in [5.74, 6) is -4.16. The smallest absolute Gasteiger partial charge is 0.417 e. The summed E-state index contributed by atoms with van der Waals surface area (Å²) < 4.78 is 85.5. The standard InChI is InChI=1S/C22H16F6N4O2/c23-13-9-29-19(30-10-13)18-15(4-1-5-16(18)24)21(33)32-6-2-3-14(11-32)34-20-17(25)7-12(8-31-20)22(26,27)28/h1,4-5,7-10,14H,2-3,6,11H2/t14-/m1/s1. The largest absolute Gasteiger partial charge is 0.470 e. The molecule has 1 saturated heterocycles. The average molecular weight is 482 g/mol. The number of rotatable bonds is 4. The minimum atomic E-state index is -4.75. The van der Waals surface area contributed by atoms with Gasteiger partial charge in [-0.25, -0.2) is 28.1 Å². The zero-order valence-corrected chi connectivity index (χ0v) is 17.3. The van der Waals surface area contributed by atoms with Crippen LogP contribution in [0.3, 0.4) is 0 Å². The number of amides is 1. The number of benzene rings is 1. The molecule has 0 aliphatic carbocycles. The van der Waals surface area contributed by atoms with Crippen LogP contribution in [-0.4, -0.2) is 45.0 Å². The zero-order chi connectivity index (χ0) is 24.5. The number of nitrogens with zero attached hydrogens (tertiary/aromatic N) is 4. The summed E-state index contributed by atoms with van der Waals surface area (Å²) in [7, 11) is 0.